The molecule has 33 heavy (non-hydrogen) atoms. The first kappa shape index (κ1) is 21.2. The lowest BCUT2D eigenvalue weighted by Crippen LogP contribution is -2.45. The number of alkyl halides is 3. The normalized spacial score (nSPS) is 19.3. The van der Waals surface area contributed by atoms with Gasteiger partial charge >= 0.3 is 12.2 Å². The third kappa shape index (κ3) is 3.75. The molecule has 2 N–H and O–H groups in total. The van der Waals surface area contributed by atoms with E-state index in [0.29, 0.717) is 31.0 Å². The molecule has 0 spiro atoms. The molecule has 0 saturated carbocycles. The topological polar surface area (TPSA) is 78.1 Å². The van der Waals surface area contributed by atoms with Gasteiger partial charge in [-0.2, -0.15) is 18.3 Å². The van der Waals surface area contributed by atoms with Gasteiger partial charge in [-0.25, -0.2) is 14.3 Å². The van der Waals surface area contributed by atoms with Gasteiger partial charge in [0.2, 0.25) is 0 Å². The van der Waals surface area contributed by atoms with Crippen LogP contribution in [0, 0.1) is 5.82 Å². The van der Waals surface area contributed by atoms with E-state index in [-0.39, 0.29) is 28.4 Å². The Morgan fingerprint density at radius 3 is 2.61 bits per heavy atom. The van der Waals surface area contributed by atoms with Crippen LogP contribution in [0.15, 0.2) is 53.3 Å². The molecule has 2 atom stereocenters. The molecule has 2 aromatic carbocycles. The molecule has 2 amide bonds. The van der Waals surface area contributed by atoms with Crippen LogP contribution in [0.4, 0.5) is 28.0 Å². The average Bonchev–Trinajstić information content (AvgIpc) is 3.09. The van der Waals surface area contributed by atoms with Crippen molar-refractivity contribution in [2.24, 2.45) is 0 Å². The number of hydrogen-bond acceptors (Lipinski definition) is 3. The van der Waals surface area contributed by atoms with Gasteiger partial charge in [-0.15, -0.1) is 0 Å². The van der Waals surface area contributed by atoms with Crippen LogP contribution < -0.4 is 10.9 Å². The van der Waals surface area contributed by atoms with Crippen molar-refractivity contribution in [1.82, 2.24) is 15.1 Å². The number of aromatic nitrogens is 2. The minimum absolute atomic E-state index is 0.211. The number of anilines is 1. The first-order chi connectivity index (χ1) is 15.7. The standard InChI is InChI=1S/C23H18F4N4O2/c24-17-11-16(23(25,26)27)15(12-4-2-1-3-5-12)10-18(17)28-22(33)31-14-6-7-19(31)21-13(8-14)9-20(32)29-30-21/h1-5,9-11,14,19H,6-8H2,(H,28,33)(H,29,32)/t14?,19-/m1/s1. The van der Waals surface area contributed by atoms with Gasteiger partial charge in [-0.1, -0.05) is 30.3 Å². The number of carbonyl (C=O) groups is 1. The van der Waals surface area contributed by atoms with E-state index in [1.54, 1.807) is 18.2 Å². The number of aromatic amines is 1. The van der Waals surface area contributed by atoms with E-state index in [0.717, 1.165) is 11.6 Å². The SMILES string of the molecule is O=C(Nc1cc(-c2ccccc2)c(C(F)(F)F)cc1F)N1C2CC[C@@H]1c1n[nH]c(=O)cc1C2. The van der Waals surface area contributed by atoms with Crippen LogP contribution in [0.25, 0.3) is 11.1 Å². The average molecular weight is 458 g/mol. The second-order valence-electron chi connectivity index (χ2n) is 8.17. The van der Waals surface area contributed by atoms with E-state index in [4.69, 9.17) is 0 Å². The highest BCUT2D eigenvalue weighted by Crippen LogP contribution is 2.43. The van der Waals surface area contributed by atoms with Crippen molar-refractivity contribution < 1.29 is 22.4 Å². The molecule has 1 unspecified atom stereocenters. The van der Waals surface area contributed by atoms with Crippen molar-refractivity contribution in [3.8, 4) is 11.1 Å². The molecule has 0 radical (unpaired) electrons. The number of nitrogens with one attached hydrogen (secondary N) is 2. The Labute approximate surface area is 185 Å². The third-order valence-electron chi connectivity index (χ3n) is 6.17. The summed E-state index contributed by atoms with van der Waals surface area (Å²) < 4.78 is 55.5. The van der Waals surface area contributed by atoms with Crippen LogP contribution >= 0.6 is 0 Å². The van der Waals surface area contributed by atoms with Crippen molar-refractivity contribution in [1.29, 1.82) is 0 Å². The lowest BCUT2D eigenvalue weighted by atomic mass is 9.98. The molecule has 1 saturated heterocycles. The fraction of sp³-hybridized carbons (Fsp3) is 0.261. The van der Waals surface area contributed by atoms with Crippen molar-refractivity contribution in [3.05, 3.63) is 81.5 Å². The molecule has 3 heterocycles. The summed E-state index contributed by atoms with van der Waals surface area (Å²) in [6, 6.07) is 9.45. The lowest BCUT2D eigenvalue weighted by molar-refractivity contribution is -0.137. The summed E-state index contributed by atoms with van der Waals surface area (Å²) in [5, 5.41) is 8.92. The summed E-state index contributed by atoms with van der Waals surface area (Å²) in [4.78, 5) is 26.2. The quantitative estimate of drug-likeness (QED) is 0.537. The first-order valence-electron chi connectivity index (χ1n) is 10.4. The van der Waals surface area contributed by atoms with Crippen LogP contribution in [0.1, 0.15) is 35.7 Å². The molecule has 2 aliphatic heterocycles. The second kappa shape index (κ2) is 7.72. The van der Waals surface area contributed by atoms with E-state index in [1.165, 1.54) is 23.1 Å². The molecule has 0 aliphatic carbocycles. The van der Waals surface area contributed by atoms with Crippen LogP contribution in [0.2, 0.25) is 0 Å². The third-order valence-corrected chi connectivity index (χ3v) is 6.17. The summed E-state index contributed by atoms with van der Waals surface area (Å²) in [5.74, 6) is -1.18. The van der Waals surface area contributed by atoms with Crippen molar-refractivity contribution >= 4 is 11.7 Å². The summed E-state index contributed by atoms with van der Waals surface area (Å²) in [5.41, 5.74) is -0.424. The smallest absolute Gasteiger partial charge is 0.313 e. The highest BCUT2D eigenvalue weighted by molar-refractivity contribution is 5.91. The van der Waals surface area contributed by atoms with Gasteiger partial charge in [0.15, 0.2) is 0 Å². The Morgan fingerprint density at radius 2 is 1.88 bits per heavy atom. The summed E-state index contributed by atoms with van der Waals surface area (Å²) in [7, 11) is 0. The van der Waals surface area contributed by atoms with Crippen LogP contribution in [0.3, 0.4) is 0 Å². The minimum Gasteiger partial charge on any atom is -0.313 e. The van der Waals surface area contributed by atoms with Gasteiger partial charge in [-0.05, 0) is 48.1 Å². The number of fused-ring (bicyclic) bond motifs is 4. The maximum absolute atomic E-state index is 14.7. The zero-order chi connectivity index (χ0) is 23.3. The Morgan fingerprint density at radius 1 is 1.12 bits per heavy atom. The lowest BCUT2D eigenvalue weighted by Gasteiger charge is -2.35. The summed E-state index contributed by atoms with van der Waals surface area (Å²) >= 11 is 0. The van der Waals surface area contributed by atoms with Crippen molar-refractivity contribution in [3.63, 3.8) is 0 Å². The molecule has 1 aromatic heterocycles. The van der Waals surface area contributed by atoms with Crippen LogP contribution in [-0.4, -0.2) is 27.2 Å². The van der Waals surface area contributed by atoms with E-state index in [9.17, 15) is 27.2 Å². The Kier molecular flexibility index (Phi) is 4.95. The Balaban J connectivity index is 1.49. The monoisotopic (exact) mass is 458 g/mol. The van der Waals surface area contributed by atoms with Gasteiger partial charge in [0.1, 0.15) is 5.82 Å². The summed E-state index contributed by atoms with van der Waals surface area (Å²) in [6.07, 6.45) is -3.05. The number of halogens is 4. The number of urea groups is 1. The number of H-pyrrole nitrogens is 1. The molecular formula is C23H18F4N4O2. The van der Waals surface area contributed by atoms with Gasteiger partial charge in [0, 0.05) is 12.1 Å². The minimum atomic E-state index is -4.77. The van der Waals surface area contributed by atoms with E-state index < -0.39 is 29.6 Å². The maximum Gasteiger partial charge on any atom is 0.417 e. The molecule has 2 bridgehead atoms. The maximum atomic E-state index is 14.7. The molecule has 10 heteroatoms. The first-order valence-corrected chi connectivity index (χ1v) is 10.4. The van der Waals surface area contributed by atoms with E-state index in [2.05, 4.69) is 15.5 Å². The molecule has 170 valence electrons. The summed E-state index contributed by atoms with van der Waals surface area (Å²) in [6.45, 7) is 0. The van der Waals surface area contributed by atoms with Crippen LogP contribution in [0.5, 0.6) is 0 Å². The predicted molar refractivity (Wildman–Crippen MR) is 112 cm³/mol. The number of hydrogen-bond donors (Lipinski definition) is 2. The molecular weight excluding hydrogens is 440 g/mol. The Hall–Kier alpha value is -3.69. The number of benzene rings is 2. The second-order valence-corrected chi connectivity index (χ2v) is 8.17. The zero-order valence-corrected chi connectivity index (χ0v) is 17.1. The van der Waals surface area contributed by atoms with E-state index in [1.807, 2.05) is 0 Å². The fourth-order valence-corrected chi connectivity index (χ4v) is 4.76. The van der Waals surface area contributed by atoms with Gasteiger partial charge in [0.25, 0.3) is 5.56 Å². The number of amides is 2. The largest absolute Gasteiger partial charge is 0.417 e. The number of carbonyl (C=O) groups excluding carboxylic acids is 1. The number of nitrogens with zero attached hydrogens (tertiary/aromatic N) is 2. The van der Waals surface area contributed by atoms with Crippen molar-refractivity contribution in [2.75, 3.05) is 5.32 Å². The molecule has 2 aliphatic rings. The van der Waals surface area contributed by atoms with Gasteiger partial charge in [0.05, 0.1) is 23.0 Å². The molecule has 1 fully saturated rings. The molecule has 5 rings (SSSR count). The number of rotatable bonds is 2. The van der Waals surface area contributed by atoms with Gasteiger partial charge < -0.3 is 10.2 Å². The van der Waals surface area contributed by atoms with Gasteiger partial charge in [-0.3, -0.25) is 4.79 Å². The van der Waals surface area contributed by atoms with Crippen molar-refractivity contribution in [2.45, 2.75) is 37.5 Å². The Bertz CT molecular complexity index is 1290. The molecule has 6 nitrogen and oxygen atoms in total. The zero-order valence-electron chi connectivity index (χ0n) is 17.1. The fourth-order valence-electron chi connectivity index (χ4n) is 4.76. The van der Waals surface area contributed by atoms with Crippen LogP contribution in [-0.2, 0) is 12.6 Å². The van der Waals surface area contributed by atoms with E-state index >= 15 is 0 Å². The highest BCUT2D eigenvalue weighted by Gasteiger charge is 2.44. The molecule has 3 aromatic rings. The highest BCUT2D eigenvalue weighted by atomic mass is 19.4. The predicted octanol–water partition coefficient (Wildman–Crippen LogP) is 4.89.